The van der Waals surface area contributed by atoms with E-state index in [1.165, 1.54) is 4.90 Å². The third-order valence-electron chi connectivity index (χ3n) is 2.73. The van der Waals surface area contributed by atoms with Gasteiger partial charge in [0.2, 0.25) is 11.8 Å². The van der Waals surface area contributed by atoms with Crippen LogP contribution in [0, 0.1) is 0 Å². The molecular weight excluding hydrogens is 284 g/mol. The fraction of sp³-hybridized carbons (Fsp3) is 0.312. The van der Waals surface area contributed by atoms with Crippen LogP contribution < -0.4 is 5.32 Å². The monoisotopic (exact) mass is 304 g/mol. The van der Waals surface area contributed by atoms with Gasteiger partial charge in [0.25, 0.3) is 0 Å². The Hall–Kier alpha value is -2.63. The molecule has 1 aromatic rings. The Morgan fingerprint density at radius 3 is 2.32 bits per heavy atom. The Morgan fingerprint density at radius 1 is 1.14 bits per heavy atom. The summed E-state index contributed by atoms with van der Waals surface area (Å²) in [5.74, 6) is -0.977. The molecule has 0 aliphatic rings. The lowest BCUT2D eigenvalue weighted by Crippen LogP contribution is -2.23. The zero-order valence-electron chi connectivity index (χ0n) is 13.0. The topological polar surface area (TPSA) is 75.7 Å². The van der Waals surface area contributed by atoms with Gasteiger partial charge in [0, 0.05) is 31.9 Å². The Balaban J connectivity index is 2.55. The van der Waals surface area contributed by atoms with E-state index in [4.69, 9.17) is 0 Å². The Morgan fingerprint density at radius 2 is 1.77 bits per heavy atom. The van der Waals surface area contributed by atoms with Crippen LogP contribution in [0.15, 0.2) is 36.4 Å². The minimum Gasteiger partial charge on any atom is -0.463 e. The highest BCUT2D eigenvalue weighted by Crippen LogP contribution is 2.10. The second-order valence-electron chi connectivity index (χ2n) is 4.74. The molecule has 0 saturated carbocycles. The molecule has 118 valence electrons. The number of amides is 2. The number of likely N-dealkylation sites (N-methyl/N-ethyl adjacent to an activating group) is 1. The SMILES string of the molecule is CCOC(=O)/C=C/C(=O)Nc1ccc(CC(=O)N(C)C)cc1. The van der Waals surface area contributed by atoms with Gasteiger partial charge >= 0.3 is 5.97 Å². The van der Waals surface area contributed by atoms with Gasteiger partial charge in [0.15, 0.2) is 0 Å². The number of nitrogens with one attached hydrogen (secondary N) is 1. The molecule has 0 saturated heterocycles. The number of nitrogens with zero attached hydrogens (tertiary/aromatic N) is 1. The Kier molecular flexibility index (Phi) is 6.82. The summed E-state index contributed by atoms with van der Waals surface area (Å²) in [4.78, 5) is 35.8. The highest BCUT2D eigenvalue weighted by molar-refractivity contribution is 6.02. The van der Waals surface area contributed by atoms with Gasteiger partial charge in [-0.3, -0.25) is 9.59 Å². The predicted molar refractivity (Wildman–Crippen MR) is 83.2 cm³/mol. The molecule has 22 heavy (non-hydrogen) atoms. The van der Waals surface area contributed by atoms with E-state index < -0.39 is 11.9 Å². The lowest BCUT2D eigenvalue weighted by atomic mass is 10.1. The van der Waals surface area contributed by atoms with Crippen molar-refractivity contribution in [3.8, 4) is 0 Å². The van der Waals surface area contributed by atoms with Crippen molar-refractivity contribution in [2.45, 2.75) is 13.3 Å². The van der Waals surface area contributed by atoms with E-state index >= 15 is 0 Å². The van der Waals surface area contributed by atoms with Crippen LogP contribution >= 0.6 is 0 Å². The van der Waals surface area contributed by atoms with Crippen LogP contribution in [-0.2, 0) is 25.5 Å². The standard InChI is InChI=1S/C16H20N2O4/c1-4-22-16(21)10-9-14(19)17-13-7-5-12(6-8-13)11-15(20)18(2)3/h5-10H,4,11H2,1-3H3,(H,17,19)/b10-9+. The maximum absolute atomic E-state index is 11.6. The van der Waals surface area contributed by atoms with Crippen molar-refractivity contribution < 1.29 is 19.1 Å². The van der Waals surface area contributed by atoms with E-state index in [2.05, 4.69) is 10.1 Å². The first kappa shape index (κ1) is 17.4. The fourth-order valence-electron chi connectivity index (χ4n) is 1.56. The minimum atomic E-state index is -0.560. The summed E-state index contributed by atoms with van der Waals surface area (Å²) in [5.41, 5.74) is 1.44. The van der Waals surface area contributed by atoms with Gasteiger partial charge in [-0.25, -0.2) is 4.79 Å². The molecule has 1 rings (SSSR count). The molecule has 0 aliphatic heterocycles. The molecule has 0 heterocycles. The quantitative estimate of drug-likeness (QED) is 0.636. The largest absolute Gasteiger partial charge is 0.463 e. The number of anilines is 1. The highest BCUT2D eigenvalue weighted by Gasteiger charge is 2.06. The number of carbonyl (C=O) groups is 3. The van der Waals surface area contributed by atoms with Crippen LogP contribution in [0.25, 0.3) is 0 Å². The normalized spacial score (nSPS) is 10.3. The smallest absolute Gasteiger partial charge is 0.330 e. The summed E-state index contributed by atoms with van der Waals surface area (Å²) >= 11 is 0. The maximum atomic E-state index is 11.6. The van der Waals surface area contributed by atoms with Crippen molar-refractivity contribution >= 4 is 23.5 Å². The molecular formula is C16H20N2O4. The molecule has 0 atom stereocenters. The van der Waals surface area contributed by atoms with Crippen molar-refractivity contribution in [1.29, 1.82) is 0 Å². The van der Waals surface area contributed by atoms with Crippen molar-refractivity contribution in [2.24, 2.45) is 0 Å². The second kappa shape index (κ2) is 8.61. The molecule has 0 aliphatic carbocycles. The van der Waals surface area contributed by atoms with E-state index in [-0.39, 0.29) is 12.5 Å². The Labute approximate surface area is 129 Å². The molecule has 6 nitrogen and oxygen atoms in total. The van der Waals surface area contributed by atoms with E-state index in [0.717, 1.165) is 17.7 Å². The molecule has 0 fully saturated rings. The number of hydrogen-bond donors (Lipinski definition) is 1. The first-order chi connectivity index (χ1) is 10.4. The molecule has 0 spiro atoms. The summed E-state index contributed by atoms with van der Waals surface area (Å²) in [5, 5.41) is 2.61. The van der Waals surface area contributed by atoms with Gasteiger partial charge in [-0.2, -0.15) is 0 Å². The van der Waals surface area contributed by atoms with Gasteiger partial charge in [-0.15, -0.1) is 0 Å². The molecule has 1 aromatic carbocycles. The van der Waals surface area contributed by atoms with Crippen molar-refractivity contribution in [3.05, 3.63) is 42.0 Å². The molecule has 0 bridgehead atoms. The van der Waals surface area contributed by atoms with Gasteiger partial charge in [-0.1, -0.05) is 12.1 Å². The van der Waals surface area contributed by atoms with Crippen molar-refractivity contribution in [3.63, 3.8) is 0 Å². The minimum absolute atomic E-state index is 0.00848. The van der Waals surface area contributed by atoms with Gasteiger partial charge in [0.1, 0.15) is 0 Å². The molecule has 2 amide bonds. The van der Waals surface area contributed by atoms with Crippen LogP contribution in [0.1, 0.15) is 12.5 Å². The zero-order chi connectivity index (χ0) is 16.5. The zero-order valence-corrected chi connectivity index (χ0v) is 13.0. The first-order valence-electron chi connectivity index (χ1n) is 6.87. The third-order valence-corrected chi connectivity index (χ3v) is 2.73. The lowest BCUT2D eigenvalue weighted by Gasteiger charge is -2.10. The summed E-state index contributed by atoms with van der Waals surface area (Å²) < 4.78 is 4.67. The van der Waals surface area contributed by atoms with Crippen LogP contribution in [0.2, 0.25) is 0 Å². The molecule has 1 N–H and O–H groups in total. The molecule has 6 heteroatoms. The molecule has 0 unspecified atom stereocenters. The highest BCUT2D eigenvalue weighted by atomic mass is 16.5. The fourth-order valence-corrected chi connectivity index (χ4v) is 1.56. The number of rotatable bonds is 6. The van der Waals surface area contributed by atoms with Crippen molar-refractivity contribution in [2.75, 3.05) is 26.0 Å². The summed E-state index contributed by atoms with van der Waals surface area (Å²) in [6, 6.07) is 6.95. The number of benzene rings is 1. The van der Waals surface area contributed by atoms with E-state index in [1.807, 2.05) is 0 Å². The molecule has 0 radical (unpaired) electrons. The summed E-state index contributed by atoms with van der Waals surface area (Å²) in [6.07, 6.45) is 2.49. The Bertz CT molecular complexity index is 562. The van der Waals surface area contributed by atoms with Gasteiger partial charge in [0.05, 0.1) is 13.0 Å². The average Bonchev–Trinajstić information content (AvgIpc) is 2.47. The average molecular weight is 304 g/mol. The van der Waals surface area contributed by atoms with E-state index in [9.17, 15) is 14.4 Å². The van der Waals surface area contributed by atoms with Crippen LogP contribution in [-0.4, -0.2) is 43.4 Å². The number of ether oxygens (including phenoxy) is 1. The first-order valence-corrected chi connectivity index (χ1v) is 6.87. The van der Waals surface area contributed by atoms with E-state index in [1.54, 1.807) is 45.3 Å². The number of hydrogen-bond acceptors (Lipinski definition) is 4. The number of esters is 1. The molecule has 0 aromatic heterocycles. The summed E-state index contributed by atoms with van der Waals surface area (Å²) in [7, 11) is 3.40. The third kappa shape index (κ3) is 6.21. The van der Waals surface area contributed by atoms with Gasteiger partial charge < -0.3 is 15.0 Å². The second-order valence-corrected chi connectivity index (χ2v) is 4.74. The van der Waals surface area contributed by atoms with Crippen LogP contribution in [0.4, 0.5) is 5.69 Å². The number of carbonyl (C=O) groups excluding carboxylic acids is 3. The van der Waals surface area contributed by atoms with E-state index in [0.29, 0.717) is 12.1 Å². The summed E-state index contributed by atoms with van der Waals surface area (Å²) in [6.45, 7) is 1.95. The lowest BCUT2D eigenvalue weighted by molar-refractivity contribution is -0.137. The van der Waals surface area contributed by atoms with Crippen LogP contribution in [0.3, 0.4) is 0 Å². The van der Waals surface area contributed by atoms with Crippen molar-refractivity contribution in [1.82, 2.24) is 4.90 Å². The maximum Gasteiger partial charge on any atom is 0.330 e. The van der Waals surface area contributed by atoms with Crippen LogP contribution in [0.5, 0.6) is 0 Å². The van der Waals surface area contributed by atoms with Gasteiger partial charge in [-0.05, 0) is 24.6 Å². The predicted octanol–water partition coefficient (Wildman–Crippen LogP) is 1.38.